The van der Waals surface area contributed by atoms with E-state index in [1.165, 1.54) is 0 Å². The lowest BCUT2D eigenvalue weighted by atomic mass is 9.86. The molecule has 0 radical (unpaired) electrons. The number of H-pyrrole nitrogens is 1. The van der Waals surface area contributed by atoms with E-state index in [0.29, 0.717) is 17.7 Å². The van der Waals surface area contributed by atoms with Crippen molar-refractivity contribution in [3.8, 4) is 0 Å². The summed E-state index contributed by atoms with van der Waals surface area (Å²) in [5.74, 6) is 0.0928. The zero-order chi connectivity index (χ0) is 20.6. The number of carbonyl (C=O) groups excluding carboxylic acids is 2. The molecule has 6 nitrogen and oxygen atoms in total. The number of para-hydroxylation sites is 1. The van der Waals surface area contributed by atoms with Crippen LogP contribution in [0.15, 0.2) is 42.5 Å². The number of imidazole rings is 1. The Morgan fingerprint density at radius 3 is 2.66 bits per heavy atom. The molecule has 0 spiro atoms. The third-order valence-electron chi connectivity index (χ3n) is 5.58. The molecule has 0 saturated carbocycles. The lowest BCUT2D eigenvalue weighted by molar-refractivity contribution is -0.122. The van der Waals surface area contributed by atoms with Crippen LogP contribution in [0.3, 0.4) is 0 Å². The number of rotatable bonds is 6. The molecule has 6 heteroatoms. The Morgan fingerprint density at radius 1 is 1.17 bits per heavy atom. The van der Waals surface area contributed by atoms with Gasteiger partial charge in [-0.2, -0.15) is 0 Å². The van der Waals surface area contributed by atoms with Crippen molar-refractivity contribution in [3.63, 3.8) is 0 Å². The Labute approximate surface area is 170 Å². The summed E-state index contributed by atoms with van der Waals surface area (Å²) in [6.45, 7) is 6.78. The molecule has 0 atom stereocenters. The molecule has 150 valence electrons. The van der Waals surface area contributed by atoms with E-state index in [1.54, 1.807) is 0 Å². The maximum absolute atomic E-state index is 13.0. The van der Waals surface area contributed by atoms with Gasteiger partial charge in [0.2, 0.25) is 5.91 Å². The van der Waals surface area contributed by atoms with Crippen molar-refractivity contribution in [3.05, 3.63) is 53.9 Å². The third kappa shape index (κ3) is 3.39. The van der Waals surface area contributed by atoms with Crippen molar-refractivity contribution < 1.29 is 9.59 Å². The number of aromatic amines is 1. The number of nitrogens with zero attached hydrogens (tertiary/aromatic N) is 2. The maximum Gasteiger partial charge on any atom is 0.291 e. The van der Waals surface area contributed by atoms with Gasteiger partial charge in [-0.05, 0) is 50.1 Å². The van der Waals surface area contributed by atoms with E-state index in [-0.39, 0.29) is 17.6 Å². The van der Waals surface area contributed by atoms with E-state index in [9.17, 15) is 9.59 Å². The van der Waals surface area contributed by atoms with Crippen LogP contribution in [0.5, 0.6) is 0 Å². The lowest BCUT2D eigenvalue weighted by Crippen LogP contribution is -2.36. The van der Waals surface area contributed by atoms with Crippen LogP contribution in [-0.4, -0.2) is 28.3 Å². The first-order valence-electron chi connectivity index (χ1n) is 10.1. The second-order valence-corrected chi connectivity index (χ2v) is 8.08. The van der Waals surface area contributed by atoms with Crippen LogP contribution >= 0.6 is 0 Å². The summed E-state index contributed by atoms with van der Waals surface area (Å²) in [5.41, 5.74) is 3.46. The Hall–Kier alpha value is -3.15. The Bertz CT molecular complexity index is 1070. The summed E-state index contributed by atoms with van der Waals surface area (Å²) in [6.07, 6.45) is 3.17. The molecule has 1 aliphatic heterocycles. The first-order chi connectivity index (χ1) is 13.9. The first-order valence-corrected chi connectivity index (χ1v) is 10.1. The van der Waals surface area contributed by atoms with Crippen LogP contribution in [0.1, 0.15) is 56.2 Å². The molecule has 0 unspecified atom stereocenters. The summed E-state index contributed by atoms with van der Waals surface area (Å²) < 4.78 is 0. The molecule has 1 aromatic heterocycles. The molecule has 4 rings (SSSR count). The summed E-state index contributed by atoms with van der Waals surface area (Å²) in [7, 11) is 0. The second kappa shape index (κ2) is 7.35. The third-order valence-corrected chi connectivity index (χ3v) is 5.58. The number of carbonyl (C=O) groups is 2. The van der Waals surface area contributed by atoms with Gasteiger partial charge in [0.05, 0.1) is 22.1 Å². The lowest BCUT2D eigenvalue weighted by Gasteiger charge is -2.20. The Balaban J connectivity index is 1.67. The predicted octanol–water partition coefficient (Wildman–Crippen LogP) is 4.63. The van der Waals surface area contributed by atoms with Gasteiger partial charge in [0, 0.05) is 12.2 Å². The summed E-state index contributed by atoms with van der Waals surface area (Å²) in [5, 5.41) is 2.85. The molecule has 2 amide bonds. The molecule has 0 aliphatic carbocycles. The number of hydrogen-bond donors (Lipinski definition) is 2. The number of anilines is 2. The fourth-order valence-electron chi connectivity index (χ4n) is 3.89. The van der Waals surface area contributed by atoms with Gasteiger partial charge in [-0.1, -0.05) is 38.0 Å². The van der Waals surface area contributed by atoms with E-state index in [2.05, 4.69) is 22.2 Å². The maximum atomic E-state index is 13.0. The van der Waals surface area contributed by atoms with E-state index in [4.69, 9.17) is 0 Å². The van der Waals surface area contributed by atoms with Crippen molar-refractivity contribution in [2.45, 2.75) is 45.4 Å². The van der Waals surface area contributed by atoms with E-state index in [1.807, 2.05) is 61.2 Å². The van der Waals surface area contributed by atoms with Crippen LogP contribution in [-0.2, 0) is 10.2 Å². The number of benzene rings is 2. The van der Waals surface area contributed by atoms with Crippen LogP contribution in [0.4, 0.5) is 11.4 Å². The minimum absolute atomic E-state index is 0.123. The fraction of sp³-hybridized carbons (Fsp3) is 0.348. The minimum Gasteiger partial charge on any atom is -0.334 e. The van der Waals surface area contributed by atoms with Gasteiger partial charge < -0.3 is 15.2 Å². The summed E-state index contributed by atoms with van der Waals surface area (Å²) in [6, 6.07) is 13.2. The number of hydrogen-bond acceptors (Lipinski definition) is 3. The van der Waals surface area contributed by atoms with Crippen LogP contribution in [0.2, 0.25) is 0 Å². The smallest absolute Gasteiger partial charge is 0.291 e. The van der Waals surface area contributed by atoms with Crippen molar-refractivity contribution in [1.82, 2.24) is 9.97 Å². The van der Waals surface area contributed by atoms with Gasteiger partial charge in [-0.15, -0.1) is 0 Å². The predicted molar refractivity (Wildman–Crippen MR) is 115 cm³/mol. The number of amides is 2. The zero-order valence-electron chi connectivity index (χ0n) is 17.1. The van der Waals surface area contributed by atoms with Crippen molar-refractivity contribution in [2.24, 2.45) is 0 Å². The van der Waals surface area contributed by atoms with E-state index >= 15 is 0 Å². The van der Waals surface area contributed by atoms with Gasteiger partial charge in [-0.3, -0.25) is 9.59 Å². The molecule has 2 N–H and O–H groups in total. The van der Waals surface area contributed by atoms with Gasteiger partial charge in [-0.25, -0.2) is 4.98 Å². The van der Waals surface area contributed by atoms with Crippen LogP contribution in [0.25, 0.3) is 11.0 Å². The molecular weight excluding hydrogens is 364 g/mol. The highest BCUT2D eigenvalue weighted by molar-refractivity contribution is 6.10. The standard InChI is InChI=1S/C23H26N4O2/c1-4-5-9-12-27-19-14-18-17(13-16(19)23(2,3)22(27)29)25-20(26-18)21(28)24-15-10-7-6-8-11-15/h6-8,10-11,13-14H,4-5,9,12H2,1-3H3,(H,24,28)(H,25,26). The number of aromatic nitrogens is 2. The highest BCUT2D eigenvalue weighted by atomic mass is 16.2. The van der Waals surface area contributed by atoms with Gasteiger partial charge >= 0.3 is 0 Å². The monoisotopic (exact) mass is 390 g/mol. The van der Waals surface area contributed by atoms with Crippen molar-refractivity contribution in [1.29, 1.82) is 0 Å². The van der Waals surface area contributed by atoms with Crippen molar-refractivity contribution >= 4 is 34.2 Å². The Morgan fingerprint density at radius 2 is 1.93 bits per heavy atom. The van der Waals surface area contributed by atoms with Crippen molar-refractivity contribution in [2.75, 3.05) is 16.8 Å². The van der Waals surface area contributed by atoms with Gasteiger partial charge in [0.15, 0.2) is 5.82 Å². The topological polar surface area (TPSA) is 78.1 Å². The van der Waals surface area contributed by atoms with Gasteiger partial charge in [0.25, 0.3) is 5.91 Å². The normalized spacial score (nSPS) is 15.0. The molecule has 0 bridgehead atoms. The highest BCUT2D eigenvalue weighted by Gasteiger charge is 2.44. The summed E-state index contributed by atoms with van der Waals surface area (Å²) in [4.78, 5) is 35.0. The van der Waals surface area contributed by atoms with Crippen LogP contribution < -0.4 is 10.2 Å². The average molecular weight is 390 g/mol. The fourth-order valence-corrected chi connectivity index (χ4v) is 3.89. The molecule has 0 saturated heterocycles. The molecular formula is C23H26N4O2. The molecule has 29 heavy (non-hydrogen) atoms. The molecule has 1 aliphatic rings. The SMILES string of the molecule is CCCCCN1C(=O)C(C)(C)c2cc3[nH]c(C(=O)Nc4ccccc4)nc3cc21. The number of nitrogens with one attached hydrogen (secondary N) is 2. The van der Waals surface area contributed by atoms with Crippen LogP contribution in [0, 0.1) is 0 Å². The largest absolute Gasteiger partial charge is 0.334 e. The second-order valence-electron chi connectivity index (χ2n) is 8.08. The number of unbranched alkanes of at least 4 members (excludes halogenated alkanes) is 2. The molecule has 2 heterocycles. The first kappa shape index (κ1) is 19.2. The Kier molecular flexibility index (Phi) is 4.86. The van der Waals surface area contributed by atoms with E-state index < -0.39 is 5.41 Å². The minimum atomic E-state index is -0.590. The zero-order valence-corrected chi connectivity index (χ0v) is 17.1. The quantitative estimate of drug-likeness (QED) is 0.602. The average Bonchev–Trinajstić information content (AvgIpc) is 3.20. The molecule has 0 fully saturated rings. The molecule has 2 aromatic carbocycles. The summed E-state index contributed by atoms with van der Waals surface area (Å²) >= 11 is 0. The molecule has 3 aromatic rings. The van der Waals surface area contributed by atoms with E-state index in [0.717, 1.165) is 36.0 Å². The van der Waals surface area contributed by atoms with Gasteiger partial charge in [0.1, 0.15) is 0 Å². The highest BCUT2D eigenvalue weighted by Crippen LogP contribution is 2.43. The number of fused-ring (bicyclic) bond motifs is 2.